The molecule has 32 heavy (non-hydrogen) atoms. The molecule has 1 fully saturated rings. The number of rotatable bonds is 4. The van der Waals surface area contributed by atoms with Crippen molar-refractivity contribution < 1.29 is 36.3 Å². The zero-order valence-electron chi connectivity index (χ0n) is 16.5. The minimum Gasteiger partial charge on any atom is -0.455 e. The Kier molecular flexibility index (Phi) is 5.49. The Morgan fingerprint density at radius 2 is 1.88 bits per heavy atom. The number of benzene rings is 1. The largest absolute Gasteiger partial charge is 0.455 e. The van der Waals surface area contributed by atoms with Gasteiger partial charge in [-0.05, 0) is 25.8 Å². The number of hydrogen-bond acceptors (Lipinski definition) is 5. The molecule has 1 aliphatic rings. The van der Waals surface area contributed by atoms with Crippen molar-refractivity contribution in [3.63, 3.8) is 0 Å². The summed E-state index contributed by atoms with van der Waals surface area (Å²) in [6.07, 6.45) is -1.89. The molecular formula is C20H17F5N4O3. The van der Waals surface area contributed by atoms with Crippen LogP contribution >= 0.6 is 0 Å². The molecule has 2 aromatic heterocycles. The van der Waals surface area contributed by atoms with E-state index in [1.807, 2.05) is 0 Å². The van der Waals surface area contributed by atoms with Gasteiger partial charge in [0.05, 0.1) is 24.2 Å². The van der Waals surface area contributed by atoms with Gasteiger partial charge in [-0.15, -0.1) is 0 Å². The van der Waals surface area contributed by atoms with Crippen LogP contribution in [0.1, 0.15) is 41.9 Å². The third-order valence-corrected chi connectivity index (χ3v) is 5.27. The van der Waals surface area contributed by atoms with Crippen LogP contribution in [0, 0.1) is 18.6 Å². The molecule has 170 valence electrons. The predicted octanol–water partition coefficient (Wildman–Crippen LogP) is 4.47. The normalized spacial score (nSPS) is 19.5. The lowest BCUT2D eigenvalue weighted by molar-refractivity contribution is -0.158. The monoisotopic (exact) mass is 456 g/mol. The molecule has 1 saturated carbocycles. The van der Waals surface area contributed by atoms with Gasteiger partial charge in [-0.1, -0.05) is 0 Å². The summed E-state index contributed by atoms with van der Waals surface area (Å²) < 4.78 is 73.6. The van der Waals surface area contributed by atoms with Crippen molar-refractivity contribution in [1.82, 2.24) is 15.3 Å². The first kappa shape index (κ1) is 21.9. The number of furan rings is 1. The minimum absolute atomic E-state index is 0.0104. The van der Waals surface area contributed by atoms with Gasteiger partial charge in [0.15, 0.2) is 17.4 Å². The Morgan fingerprint density at radius 1 is 1.22 bits per heavy atom. The Labute approximate surface area is 177 Å². The molecule has 12 heteroatoms. The van der Waals surface area contributed by atoms with Crippen molar-refractivity contribution >= 4 is 22.7 Å². The lowest BCUT2D eigenvalue weighted by Crippen LogP contribution is -2.40. The molecular weight excluding hydrogens is 439 g/mol. The summed E-state index contributed by atoms with van der Waals surface area (Å²) in [7, 11) is 0. The van der Waals surface area contributed by atoms with E-state index < -0.39 is 47.3 Å². The predicted molar refractivity (Wildman–Crippen MR) is 102 cm³/mol. The fraction of sp³-hybridized carbons (Fsp3) is 0.350. The molecule has 0 radical (unpaired) electrons. The van der Waals surface area contributed by atoms with Crippen LogP contribution in [0.3, 0.4) is 0 Å². The maximum atomic E-state index is 13.9. The molecule has 2 heterocycles. The van der Waals surface area contributed by atoms with Crippen molar-refractivity contribution in [3.8, 4) is 0 Å². The number of aliphatic hydroxyl groups excluding tert-OH is 1. The summed E-state index contributed by atoms with van der Waals surface area (Å²) in [5, 5.41) is 13.1. The molecule has 3 N–H and O–H groups in total. The number of anilines is 1. The molecule has 7 nitrogen and oxygen atoms in total. The summed E-state index contributed by atoms with van der Waals surface area (Å²) in [5.74, 6) is -2.44. The van der Waals surface area contributed by atoms with Crippen LogP contribution in [0.15, 0.2) is 28.9 Å². The first-order valence-electron chi connectivity index (χ1n) is 9.55. The van der Waals surface area contributed by atoms with E-state index in [2.05, 4.69) is 15.3 Å². The van der Waals surface area contributed by atoms with E-state index in [0.717, 1.165) is 6.07 Å². The van der Waals surface area contributed by atoms with E-state index in [1.54, 1.807) is 5.32 Å². The molecule has 0 bridgehead atoms. The van der Waals surface area contributed by atoms with Crippen molar-refractivity contribution in [2.24, 2.45) is 0 Å². The van der Waals surface area contributed by atoms with Gasteiger partial charge in [0.1, 0.15) is 17.4 Å². The van der Waals surface area contributed by atoms with Gasteiger partial charge in [-0.2, -0.15) is 13.2 Å². The van der Waals surface area contributed by atoms with E-state index in [-0.39, 0.29) is 22.6 Å². The Bertz CT molecular complexity index is 1160. The summed E-state index contributed by atoms with van der Waals surface area (Å²) in [6, 6.07) is -2.50. The number of carbonyl (C=O) groups excluding carboxylic acids is 1. The summed E-state index contributed by atoms with van der Waals surface area (Å²) in [6.45, 7) is 1.21. The molecule has 3 aromatic rings. The van der Waals surface area contributed by atoms with Gasteiger partial charge in [0.2, 0.25) is 0 Å². The molecule has 1 atom stereocenters. The Balaban J connectivity index is 1.53. The van der Waals surface area contributed by atoms with Crippen molar-refractivity contribution in [1.29, 1.82) is 0 Å². The van der Waals surface area contributed by atoms with Crippen LogP contribution in [-0.4, -0.2) is 33.4 Å². The molecule has 0 saturated heterocycles. The third kappa shape index (κ3) is 4.22. The van der Waals surface area contributed by atoms with E-state index in [0.29, 0.717) is 24.7 Å². The number of nitrogens with one attached hydrogen (secondary N) is 2. The topological polar surface area (TPSA) is 100 Å². The minimum atomic E-state index is -4.99. The summed E-state index contributed by atoms with van der Waals surface area (Å²) >= 11 is 0. The molecule has 1 aliphatic carbocycles. The zero-order chi connectivity index (χ0) is 23.2. The first-order chi connectivity index (χ1) is 15.0. The number of aromatic nitrogens is 2. The first-order valence-corrected chi connectivity index (χ1v) is 9.55. The number of amides is 2. The summed E-state index contributed by atoms with van der Waals surface area (Å²) in [5.41, 5.74) is -0.654. The second kappa shape index (κ2) is 8.01. The number of carbonyl (C=O) groups is 1. The second-order valence-electron chi connectivity index (χ2n) is 7.58. The zero-order valence-corrected chi connectivity index (χ0v) is 16.5. The van der Waals surface area contributed by atoms with Gasteiger partial charge < -0.3 is 20.2 Å². The second-order valence-corrected chi connectivity index (χ2v) is 7.58. The standard InChI is InChI=1S/C20H17F5N4O3/c1-8-13-4-10(21)5-14(22)16(13)32-15(8)17(20(23,24)25)29-19(31)28-11-6-26-18(27-7-11)9-2-12(30)3-9/h4-7,9,12,17,30H,2-3H2,1H3,(H2,28,29,31)/t9-,12-,17-/m1/s1. The number of aliphatic hydroxyl groups is 1. The van der Waals surface area contributed by atoms with Crippen LogP contribution in [0.25, 0.3) is 11.0 Å². The van der Waals surface area contributed by atoms with E-state index in [9.17, 15) is 31.9 Å². The third-order valence-electron chi connectivity index (χ3n) is 5.27. The van der Waals surface area contributed by atoms with E-state index in [4.69, 9.17) is 4.42 Å². The number of halogens is 5. The summed E-state index contributed by atoms with van der Waals surface area (Å²) in [4.78, 5) is 20.3. The van der Waals surface area contributed by atoms with E-state index in [1.165, 1.54) is 19.3 Å². The van der Waals surface area contributed by atoms with Crippen LogP contribution in [0.4, 0.5) is 32.4 Å². The van der Waals surface area contributed by atoms with Crippen LogP contribution in [-0.2, 0) is 0 Å². The quantitative estimate of drug-likeness (QED) is 0.503. The number of nitrogens with zero attached hydrogens (tertiary/aromatic N) is 2. The highest BCUT2D eigenvalue weighted by Crippen LogP contribution is 2.39. The molecule has 2 amide bonds. The van der Waals surface area contributed by atoms with Gasteiger partial charge in [-0.3, -0.25) is 0 Å². The van der Waals surface area contributed by atoms with Crippen LogP contribution in [0.2, 0.25) is 0 Å². The van der Waals surface area contributed by atoms with Gasteiger partial charge >= 0.3 is 12.2 Å². The fourth-order valence-electron chi connectivity index (χ4n) is 3.54. The number of aryl methyl sites for hydroxylation is 1. The Morgan fingerprint density at radius 3 is 2.47 bits per heavy atom. The maximum Gasteiger partial charge on any atom is 0.416 e. The average molecular weight is 456 g/mol. The number of urea groups is 1. The van der Waals surface area contributed by atoms with Crippen molar-refractivity contribution in [3.05, 3.63) is 53.3 Å². The molecule has 0 unspecified atom stereocenters. The van der Waals surface area contributed by atoms with Crippen LogP contribution < -0.4 is 10.6 Å². The fourth-order valence-corrected chi connectivity index (χ4v) is 3.54. The highest BCUT2D eigenvalue weighted by molar-refractivity contribution is 5.89. The average Bonchev–Trinajstić information content (AvgIpc) is 3.00. The highest BCUT2D eigenvalue weighted by Gasteiger charge is 2.45. The number of hydrogen-bond donors (Lipinski definition) is 3. The maximum absolute atomic E-state index is 13.9. The smallest absolute Gasteiger partial charge is 0.416 e. The highest BCUT2D eigenvalue weighted by atomic mass is 19.4. The Hall–Kier alpha value is -3.28. The van der Waals surface area contributed by atoms with Crippen LogP contribution in [0.5, 0.6) is 0 Å². The molecule has 1 aromatic carbocycles. The van der Waals surface area contributed by atoms with Gasteiger partial charge in [0, 0.05) is 22.9 Å². The van der Waals surface area contributed by atoms with Gasteiger partial charge in [-0.25, -0.2) is 23.5 Å². The molecule has 0 spiro atoms. The molecule has 0 aliphatic heterocycles. The lowest BCUT2D eigenvalue weighted by atomic mass is 9.82. The number of alkyl halides is 3. The van der Waals surface area contributed by atoms with Gasteiger partial charge in [0.25, 0.3) is 0 Å². The number of fused-ring (bicyclic) bond motifs is 1. The SMILES string of the molecule is Cc1c([C@@H](NC(=O)Nc2cnc([C@H]3C[C@H](O)C3)nc2)C(F)(F)F)oc2c(F)cc(F)cc12. The van der Waals surface area contributed by atoms with Crippen molar-refractivity contribution in [2.45, 2.75) is 44.0 Å². The van der Waals surface area contributed by atoms with Crippen molar-refractivity contribution in [2.75, 3.05) is 5.32 Å². The van der Waals surface area contributed by atoms with E-state index >= 15 is 0 Å². The lowest BCUT2D eigenvalue weighted by Gasteiger charge is -2.29. The molecule has 4 rings (SSSR count).